The maximum absolute atomic E-state index is 12.2. The molecule has 0 unspecified atom stereocenters. The maximum Gasteiger partial charge on any atom is 0.254 e. The lowest BCUT2D eigenvalue weighted by atomic mass is 10.1. The van der Waals surface area contributed by atoms with Crippen LogP contribution >= 0.6 is 0 Å². The number of anilines is 1. The molecular weight excluding hydrogens is 276 g/mol. The normalized spacial score (nSPS) is 18.5. The lowest BCUT2D eigenvalue weighted by Crippen LogP contribution is -2.25. The number of amides is 1. The van der Waals surface area contributed by atoms with E-state index in [0.29, 0.717) is 5.56 Å². The van der Waals surface area contributed by atoms with Gasteiger partial charge in [0, 0.05) is 38.8 Å². The number of likely N-dealkylation sites (N-methyl/N-ethyl adjacent to an activating group) is 1. The Morgan fingerprint density at radius 1 is 1.36 bits per heavy atom. The first-order valence-electron chi connectivity index (χ1n) is 8.42. The molecule has 1 fully saturated rings. The van der Waals surface area contributed by atoms with Crippen molar-refractivity contribution in [2.24, 2.45) is 5.92 Å². The van der Waals surface area contributed by atoms with Crippen molar-refractivity contribution in [3.05, 3.63) is 22.9 Å². The van der Waals surface area contributed by atoms with Crippen molar-refractivity contribution in [1.29, 1.82) is 0 Å². The van der Waals surface area contributed by atoms with E-state index < -0.39 is 0 Å². The van der Waals surface area contributed by atoms with Crippen molar-refractivity contribution in [2.45, 2.75) is 32.6 Å². The molecule has 1 aromatic rings. The first-order valence-corrected chi connectivity index (χ1v) is 8.42. The molecule has 5 nitrogen and oxygen atoms in total. The first kappa shape index (κ1) is 15.3. The molecule has 5 heteroatoms. The van der Waals surface area contributed by atoms with Gasteiger partial charge in [-0.05, 0) is 43.4 Å². The van der Waals surface area contributed by atoms with E-state index >= 15 is 0 Å². The summed E-state index contributed by atoms with van der Waals surface area (Å²) in [6, 6.07) is 2.05. The molecule has 0 bridgehead atoms. The standard InChI is InChI=1S/C17H26N4O/c1-3-21-8-6-13-10-14(17(22)18-2)16(19-11-12-4-5-12)20-15(13)7-9-21/h10,12H,3-9,11H2,1-2H3,(H,18,22)(H,19,20). The minimum Gasteiger partial charge on any atom is -0.369 e. The van der Waals surface area contributed by atoms with Crippen molar-refractivity contribution in [3.63, 3.8) is 0 Å². The van der Waals surface area contributed by atoms with Crippen LogP contribution in [0.1, 0.15) is 41.4 Å². The number of fused-ring (bicyclic) bond motifs is 1. The fourth-order valence-corrected chi connectivity index (χ4v) is 3.00. The van der Waals surface area contributed by atoms with Crippen LogP contribution in [0.15, 0.2) is 6.07 Å². The molecule has 0 radical (unpaired) electrons. The second-order valence-corrected chi connectivity index (χ2v) is 6.33. The van der Waals surface area contributed by atoms with Crippen LogP contribution in [0.2, 0.25) is 0 Å². The molecule has 0 aromatic carbocycles. The molecule has 2 N–H and O–H groups in total. The highest BCUT2D eigenvalue weighted by molar-refractivity contribution is 5.98. The number of hydrogen-bond donors (Lipinski definition) is 2. The zero-order valence-corrected chi connectivity index (χ0v) is 13.6. The van der Waals surface area contributed by atoms with Crippen LogP contribution in [0.5, 0.6) is 0 Å². The topological polar surface area (TPSA) is 57.3 Å². The average molecular weight is 302 g/mol. The van der Waals surface area contributed by atoms with Gasteiger partial charge in [0.1, 0.15) is 5.82 Å². The van der Waals surface area contributed by atoms with Crippen LogP contribution in [0.25, 0.3) is 0 Å². The van der Waals surface area contributed by atoms with E-state index in [-0.39, 0.29) is 5.91 Å². The Morgan fingerprint density at radius 3 is 2.82 bits per heavy atom. The molecule has 2 aliphatic rings. The van der Waals surface area contributed by atoms with Gasteiger partial charge in [-0.3, -0.25) is 4.79 Å². The van der Waals surface area contributed by atoms with Gasteiger partial charge >= 0.3 is 0 Å². The Hall–Kier alpha value is -1.62. The summed E-state index contributed by atoms with van der Waals surface area (Å²) in [5, 5.41) is 6.14. The number of pyridine rings is 1. The summed E-state index contributed by atoms with van der Waals surface area (Å²) in [6.45, 7) is 6.30. The van der Waals surface area contributed by atoms with Crippen LogP contribution in [-0.4, -0.2) is 49.0 Å². The van der Waals surface area contributed by atoms with Gasteiger partial charge in [0.2, 0.25) is 0 Å². The minimum atomic E-state index is -0.0507. The molecule has 0 atom stereocenters. The molecule has 1 amide bonds. The first-order chi connectivity index (χ1) is 10.7. The van der Waals surface area contributed by atoms with Crippen molar-refractivity contribution >= 4 is 11.7 Å². The third-order valence-corrected chi connectivity index (χ3v) is 4.73. The molecule has 0 spiro atoms. The smallest absolute Gasteiger partial charge is 0.254 e. The average Bonchev–Trinajstić information content (AvgIpc) is 3.37. The van der Waals surface area contributed by atoms with Crippen LogP contribution in [0, 0.1) is 5.92 Å². The van der Waals surface area contributed by atoms with Crippen molar-refractivity contribution in [3.8, 4) is 0 Å². The SMILES string of the molecule is CCN1CCc2cc(C(=O)NC)c(NCC3CC3)nc2CC1. The molecular formula is C17H26N4O. The van der Waals surface area contributed by atoms with Crippen molar-refractivity contribution in [1.82, 2.24) is 15.2 Å². The summed E-state index contributed by atoms with van der Waals surface area (Å²) in [5.74, 6) is 1.47. The van der Waals surface area contributed by atoms with E-state index in [1.165, 1.54) is 18.4 Å². The van der Waals surface area contributed by atoms with Crippen LogP contribution in [0.4, 0.5) is 5.82 Å². The molecule has 120 valence electrons. The Morgan fingerprint density at radius 2 is 2.14 bits per heavy atom. The van der Waals surface area contributed by atoms with Gasteiger partial charge in [-0.2, -0.15) is 0 Å². The Balaban J connectivity index is 1.87. The summed E-state index contributed by atoms with van der Waals surface area (Å²) in [6.07, 6.45) is 4.52. The number of hydrogen-bond acceptors (Lipinski definition) is 4. The Bertz CT molecular complexity index is 554. The Kier molecular flexibility index (Phi) is 4.62. The van der Waals surface area contributed by atoms with Crippen LogP contribution in [0.3, 0.4) is 0 Å². The van der Waals surface area contributed by atoms with Gasteiger partial charge in [0.15, 0.2) is 0 Å². The van der Waals surface area contributed by atoms with Gasteiger partial charge in [0.25, 0.3) is 5.91 Å². The van der Waals surface area contributed by atoms with E-state index in [4.69, 9.17) is 4.98 Å². The van der Waals surface area contributed by atoms with Crippen LogP contribution < -0.4 is 10.6 Å². The fraction of sp³-hybridized carbons (Fsp3) is 0.647. The van der Waals surface area contributed by atoms with E-state index in [9.17, 15) is 4.79 Å². The maximum atomic E-state index is 12.2. The highest BCUT2D eigenvalue weighted by Crippen LogP contribution is 2.29. The van der Waals surface area contributed by atoms with E-state index in [1.807, 2.05) is 0 Å². The predicted octanol–water partition coefficient (Wildman–Crippen LogP) is 1.68. The molecule has 1 aliphatic heterocycles. The minimum absolute atomic E-state index is 0.0507. The summed E-state index contributed by atoms with van der Waals surface area (Å²) in [5.41, 5.74) is 3.07. The number of aromatic nitrogens is 1. The van der Waals surface area contributed by atoms with Crippen molar-refractivity contribution < 1.29 is 4.79 Å². The summed E-state index contributed by atoms with van der Waals surface area (Å²) < 4.78 is 0. The number of rotatable bonds is 5. The largest absolute Gasteiger partial charge is 0.369 e. The molecule has 22 heavy (non-hydrogen) atoms. The van der Waals surface area contributed by atoms with Gasteiger partial charge < -0.3 is 15.5 Å². The highest BCUT2D eigenvalue weighted by Gasteiger charge is 2.23. The highest BCUT2D eigenvalue weighted by atomic mass is 16.1. The lowest BCUT2D eigenvalue weighted by Gasteiger charge is -2.15. The molecule has 1 aromatic heterocycles. The zero-order chi connectivity index (χ0) is 15.5. The van der Waals surface area contributed by atoms with E-state index in [2.05, 4.69) is 28.5 Å². The number of nitrogens with one attached hydrogen (secondary N) is 2. The lowest BCUT2D eigenvalue weighted by molar-refractivity contribution is 0.0963. The molecule has 1 saturated carbocycles. The molecule has 0 saturated heterocycles. The van der Waals surface area contributed by atoms with E-state index in [1.54, 1.807) is 7.05 Å². The van der Waals surface area contributed by atoms with E-state index in [0.717, 1.165) is 56.5 Å². The fourth-order valence-electron chi connectivity index (χ4n) is 3.00. The second kappa shape index (κ2) is 6.65. The number of carbonyl (C=O) groups excluding carboxylic acids is 1. The summed E-state index contributed by atoms with van der Waals surface area (Å²) in [4.78, 5) is 19.4. The van der Waals surface area contributed by atoms with Crippen molar-refractivity contribution in [2.75, 3.05) is 38.5 Å². The monoisotopic (exact) mass is 302 g/mol. The van der Waals surface area contributed by atoms with Gasteiger partial charge in [-0.1, -0.05) is 6.92 Å². The van der Waals surface area contributed by atoms with Gasteiger partial charge in [0.05, 0.1) is 5.56 Å². The van der Waals surface area contributed by atoms with Crippen LogP contribution in [-0.2, 0) is 12.8 Å². The number of nitrogens with zero attached hydrogens (tertiary/aromatic N) is 2. The summed E-state index contributed by atoms with van der Waals surface area (Å²) >= 11 is 0. The molecule has 2 heterocycles. The summed E-state index contributed by atoms with van der Waals surface area (Å²) in [7, 11) is 1.68. The Labute approximate surface area is 132 Å². The third kappa shape index (κ3) is 3.40. The molecule has 1 aliphatic carbocycles. The molecule has 3 rings (SSSR count). The van der Waals surface area contributed by atoms with Gasteiger partial charge in [-0.25, -0.2) is 4.98 Å². The second-order valence-electron chi connectivity index (χ2n) is 6.33. The number of carbonyl (C=O) groups is 1. The van der Waals surface area contributed by atoms with Gasteiger partial charge in [-0.15, -0.1) is 0 Å². The predicted molar refractivity (Wildman–Crippen MR) is 88.4 cm³/mol. The zero-order valence-electron chi connectivity index (χ0n) is 13.6. The third-order valence-electron chi connectivity index (χ3n) is 4.73. The quantitative estimate of drug-likeness (QED) is 0.869.